The summed E-state index contributed by atoms with van der Waals surface area (Å²) in [5.41, 5.74) is 0.976. The first kappa shape index (κ1) is 14.9. The van der Waals surface area contributed by atoms with Crippen LogP contribution in [-0.4, -0.2) is 30.9 Å². The third kappa shape index (κ3) is 2.82. The molecule has 2 aliphatic rings. The molecule has 0 aromatic heterocycles. The predicted molar refractivity (Wildman–Crippen MR) is 85.2 cm³/mol. The molecule has 1 saturated carbocycles. The molecule has 21 heavy (non-hydrogen) atoms. The lowest BCUT2D eigenvalue weighted by atomic mass is 9.67. The van der Waals surface area contributed by atoms with Gasteiger partial charge in [0.1, 0.15) is 0 Å². The number of hydrogen-bond donors (Lipinski definition) is 1. The van der Waals surface area contributed by atoms with Crippen LogP contribution in [0.3, 0.4) is 0 Å². The first-order valence-electron chi connectivity index (χ1n) is 7.82. The van der Waals surface area contributed by atoms with E-state index in [4.69, 9.17) is 11.6 Å². The fraction of sp³-hybridized carbons (Fsp3) is 0.588. The minimum Gasteiger partial charge on any atom is -0.341 e. The van der Waals surface area contributed by atoms with Gasteiger partial charge in [0.25, 0.3) is 0 Å². The first-order chi connectivity index (χ1) is 10.1. The number of nitrogens with one attached hydrogen (secondary N) is 1. The highest BCUT2D eigenvalue weighted by molar-refractivity contribution is 6.30. The zero-order valence-corrected chi connectivity index (χ0v) is 13.3. The first-order valence-corrected chi connectivity index (χ1v) is 8.20. The van der Waals surface area contributed by atoms with Gasteiger partial charge in [0, 0.05) is 25.2 Å². The number of hydrogen-bond acceptors (Lipinski definition) is 2. The Hall–Kier alpha value is -1.06. The molecule has 4 heteroatoms. The number of nitrogens with zero attached hydrogens (tertiary/aromatic N) is 1. The van der Waals surface area contributed by atoms with Crippen molar-refractivity contribution in [2.24, 2.45) is 11.3 Å². The zero-order chi connectivity index (χ0) is 14.9. The van der Waals surface area contributed by atoms with Crippen LogP contribution in [0.5, 0.6) is 0 Å². The van der Waals surface area contributed by atoms with Gasteiger partial charge in [-0.2, -0.15) is 0 Å². The van der Waals surface area contributed by atoms with Crippen molar-refractivity contribution >= 4 is 17.5 Å². The highest BCUT2D eigenvalue weighted by Crippen LogP contribution is 2.45. The summed E-state index contributed by atoms with van der Waals surface area (Å²) in [7, 11) is 1.93. The second-order valence-corrected chi connectivity index (χ2v) is 6.95. The number of carbonyl (C=O) groups excluding carboxylic acids is 1. The molecule has 2 fully saturated rings. The molecule has 3 nitrogen and oxygen atoms in total. The summed E-state index contributed by atoms with van der Waals surface area (Å²) < 4.78 is 0. The molecule has 0 radical (unpaired) electrons. The Morgan fingerprint density at radius 1 is 1.38 bits per heavy atom. The maximum absolute atomic E-state index is 13.0. The van der Waals surface area contributed by atoms with Crippen LogP contribution in [0, 0.1) is 11.3 Å². The minimum atomic E-state index is -0.153. The summed E-state index contributed by atoms with van der Waals surface area (Å²) in [6, 6.07) is 7.76. The largest absolute Gasteiger partial charge is 0.341 e. The Kier molecular flexibility index (Phi) is 4.23. The Balaban J connectivity index is 1.73. The molecule has 1 aliphatic carbocycles. The van der Waals surface area contributed by atoms with E-state index in [2.05, 4.69) is 5.32 Å². The van der Waals surface area contributed by atoms with E-state index in [9.17, 15) is 4.79 Å². The fourth-order valence-electron chi connectivity index (χ4n) is 3.98. The van der Waals surface area contributed by atoms with E-state index in [1.54, 1.807) is 0 Å². The molecular formula is C17H23ClN2O. The maximum atomic E-state index is 13.0. The van der Waals surface area contributed by atoms with Gasteiger partial charge in [-0.05, 0) is 43.0 Å². The van der Waals surface area contributed by atoms with E-state index in [1.165, 1.54) is 19.3 Å². The van der Waals surface area contributed by atoms with Crippen molar-refractivity contribution in [1.82, 2.24) is 10.2 Å². The van der Waals surface area contributed by atoms with Gasteiger partial charge in [0.15, 0.2) is 0 Å². The molecule has 1 N–H and O–H groups in total. The van der Waals surface area contributed by atoms with Gasteiger partial charge in [-0.1, -0.05) is 36.6 Å². The molecular weight excluding hydrogens is 284 g/mol. The van der Waals surface area contributed by atoms with Crippen LogP contribution >= 0.6 is 11.6 Å². The van der Waals surface area contributed by atoms with Crippen molar-refractivity contribution in [2.75, 3.05) is 20.1 Å². The lowest BCUT2D eigenvalue weighted by molar-refractivity contribution is -0.144. The summed E-state index contributed by atoms with van der Waals surface area (Å²) in [4.78, 5) is 14.9. The van der Waals surface area contributed by atoms with Crippen molar-refractivity contribution in [1.29, 1.82) is 0 Å². The lowest BCUT2D eigenvalue weighted by Gasteiger charge is -2.39. The third-order valence-electron chi connectivity index (χ3n) is 5.14. The average Bonchev–Trinajstić information content (AvgIpc) is 2.93. The van der Waals surface area contributed by atoms with Crippen LogP contribution in [0.4, 0.5) is 0 Å². The number of rotatable bonds is 3. The number of fused-ring (bicyclic) bond motifs is 1. The molecule has 3 rings (SSSR count). The van der Waals surface area contributed by atoms with Crippen LogP contribution in [-0.2, 0) is 11.3 Å². The van der Waals surface area contributed by atoms with E-state index >= 15 is 0 Å². The summed E-state index contributed by atoms with van der Waals surface area (Å²) in [6.45, 7) is 2.51. The molecule has 1 saturated heterocycles. The van der Waals surface area contributed by atoms with Crippen molar-refractivity contribution < 1.29 is 4.79 Å². The molecule has 1 heterocycles. The normalized spacial score (nSPS) is 28.2. The van der Waals surface area contributed by atoms with Crippen molar-refractivity contribution in [3.05, 3.63) is 34.9 Å². The second kappa shape index (κ2) is 5.98. The van der Waals surface area contributed by atoms with Gasteiger partial charge >= 0.3 is 0 Å². The molecule has 0 bridgehead atoms. The van der Waals surface area contributed by atoms with E-state index in [0.717, 1.165) is 30.1 Å². The minimum absolute atomic E-state index is 0.153. The van der Waals surface area contributed by atoms with Gasteiger partial charge < -0.3 is 10.2 Å². The Morgan fingerprint density at radius 3 is 2.90 bits per heavy atom. The molecule has 0 spiro atoms. The highest BCUT2D eigenvalue weighted by Gasteiger charge is 2.50. The Morgan fingerprint density at radius 2 is 2.14 bits per heavy atom. The maximum Gasteiger partial charge on any atom is 0.230 e. The van der Waals surface area contributed by atoms with Crippen molar-refractivity contribution in [3.8, 4) is 0 Å². The molecule has 0 unspecified atom stereocenters. The Bertz CT molecular complexity index is 516. The van der Waals surface area contributed by atoms with Crippen LogP contribution in [0.25, 0.3) is 0 Å². The van der Waals surface area contributed by atoms with Crippen LogP contribution < -0.4 is 5.32 Å². The van der Waals surface area contributed by atoms with E-state index in [1.807, 2.05) is 36.2 Å². The predicted octanol–water partition coefficient (Wildman–Crippen LogP) is 3.08. The molecule has 114 valence electrons. The van der Waals surface area contributed by atoms with Crippen molar-refractivity contribution in [3.63, 3.8) is 0 Å². The van der Waals surface area contributed by atoms with Gasteiger partial charge in [0.05, 0.1) is 5.41 Å². The summed E-state index contributed by atoms with van der Waals surface area (Å²) in [6.07, 6.45) is 4.67. The van der Waals surface area contributed by atoms with Crippen LogP contribution in [0.2, 0.25) is 5.02 Å². The topological polar surface area (TPSA) is 32.3 Å². The summed E-state index contributed by atoms with van der Waals surface area (Å²) >= 11 is 5.92. The smallest absolute Gasteiger partial charge is 0.230 e. The van der Waals surface area contributed by atoms with E-state index in [-0.39, 0.29) is 5.41 Å². The van der Waals surface area contributed by atoms with Gasteiger partial charge in [-0.25, -0.2) is 0 Å². The average molecular weight is 307 g/mol. The third-order valence-corrected chi connectivity index (χ3v) is 5.40. The number of carbonyl (C=O) groups is 1. The molecule has 1 aliphatic heterocycles. The molecule has 1 amide bonds. The second-order valence-electron chi connectivity index (χ2n) is 6.52. The monoisotopic (exact) mass is 306 g/mol. The van der Waals surface area contributed by atoms with Gasteiger partial charge in [0.2, 0.25) is 5.91 Å². The van der Waals surface area contributed by atoms with Gasteiger partial charge in [-0.3, -0.25) is 4.79 Å². The lowest BCUT2D eigenvalue weighted by Crippen LogP contribution is -2.48. The summed E-state index contributed by atoms with van der Waals surface area (Å²) in [5, 5.41) is 4.18. The fourth-order valence-corrected chi connectivity index (χ4v) is 4.11. The van der Waals surface area contributed by atoms with Crippen molar-refractivity contribution in [2.45, 2.75) is 32.2 Å². The van der Waals surface area contributed by atoms with Crippen LogP contribution in [0.1, 0.15) is 31.2 Å². The van der Waals surface area contributed by atoms with E-state index in [0.29, 0.717) is 18.4 Å². The van der Waals surface area contributed by atoms with Crippen LogP contribution in [0.15, 0.2) is 24.3 Å². The SMILES string of the molecule is CN(Cc1ccc(Cl)cc1)C(=O)[C@@]12CCCC[C@H]1CNC2. The zero-order valence-electron chi connectivity index (χ0n) is 12.6. The molecule has 2 atom stereocenters. The molecule has 1 aromatic rings. The quantitative estimate of drug-likeness (QED) is 0.931. The highest BCUT2D eigenvalue weighted by atomic mass is 35.5. The summed E-state index contributed by atoms with van der Waals surface area (Å²) in [5.74, 6) is 0.832. The van der Waals surface area contributed by atoms with E-state index < -0.39 is 0 Å². The Labute approximate surface area is 131 Å². The van der Waals surface area contributed by atoms with Gasteiger partial charge in [-0.15, -0.1) is 0 Å². The number of benzene rings is 1. The molecule has 1 aromatic carbocycles. The number of halogens is 1. The standard InChI is InChI=1S/C17H23ClN2O/c1-20(11-13-5-7-15(18)8-6-13)16(21)17-9-3-2-4-14(17)10-19-12-17/h5-8,14,19H,2-4,9-12H2,1H3/t14-,17+/m0/s1. The number of amides is 1.